The number of aryl methyl sites for hydroxylation is 1. The van der Waals surface area contributed by atoms with E-state index in [9.17, 15) is 5.11 Å². The number of aromatic hydroxyl groups is 1. The molecule has 0 aliphatic heterocycles. The third-order valence-electron chi connectivity index (χ3n) is 3.65. The molecule has 1 heteroatoms. The van der Waals surface area contributed by atoms with Gasteiger partial charge in [-0.15, -0.1) is 0 Å². The minimum Gasteiger partial charge on any atom is -0.508 e. The average Bonchev–Trinajstić information content (AvgIpc) is 2.43. The Balaban J connectivity index is 1.87. The number of benzene rings is 1. The van der Waals surface area contributed by atoms with Crippen LogP contribution in [0.1, 0.15) is 69.8 Å². The van der Waals surface area contributed by atoms with Gasteiger partial charge < -0.3 is 5.11 Å². The summed E-state index contributed by atoms with van der Waals surface area (Å²) in [6.45, 7) is 3.87. The molecule has 19 heavy (non-hydrogen) atoms. The first-order chi connectivity index (χ1) is 9.33. The Labute approximate surface area is 119 Å². The predicted molar refractivity (Wildman–Crippen MR) is 83.3 cm³/mol. The first-order valence-electron chi connectivity index (χ1n) is 7.90. The fourth-order valence-corrected chi connectivity index (χ4v) is 2.41. The summed E-state index contributed by atoms with van der Waals surface area (Å²) >= 11 is 0. The van der Waals surface area contributed by atoms with Crippen LogP contribution in [0.5, 0.6) is 5.75 Å². The second kappa shape index (κ2) is 10.9. The van der Waals surface area contributed by atoms with Crippen molar-refractivity contribution in [3.05, 3.63) is 36.8 Å². The molecule has 1 radical (unpaired) electrons. The van der Waals surface area contributed by atoms with Gasteiger partial charge in [-0.3, -0.25) is 0 Å². The minimum absolute atomic E-state index is 0.364. The molecule has 0 heterocycles. The van der Waals surface area contributed by atoms with E-state index in [0.717, 1.165) is 12.8 Å². The molecule has 1 aromatic carbocycles. The van der Waals surface area contributed by atoms with E-state index in [1.807, 2.05) is 12.1 Å². The summed E-state index contributed by atoms with van der Waals surface area (Å²) in [5.74, 6) is 0.364. The summed E-state index contributed by atoms with van der Waals surface area (Å²) in [5.41, 5.74) is 1.34. The van der Waals surface area contributed by atoms with E-state index < -0.39 is 0 Å². The number of phenolic OH excluding ortho intramolecular Hbond substituents is 1. The summed E-state index contributed by atoms with van der Waals surface area (Å²) in [4.78, 5) is 0. The monoisotopic (exact) mass is 261 g/mol. The number of phenols is 1. The van der Waals surface area contributed by atoms with Gasteiger partial charge in [0.05, 0.1) is 0 Å². The van der Waals surface area contributed by atoms with Gasteiger partial charge in [-0.05, 0) is 30.5 Å². The van der Waals surface area contributed by atoms with Crippen molar-refractivity contribution in [1.82, 2.24) is 0 Å². The summed E-state index contributed by atoms with van der Waals surface area (Å²) in [6, 6.07) is 7.61. The minimum atomic E-state index is 0.364. The third kappa shape index (κ3) is 8.69. The van der Waals surface area contributed by atoms with Gasteiger partial charge in [0.1, 0.15) is 5.75 Å². The van der Waals surface area contributed by atoms with E-state index in [-0.39, 0.29) is 0 Å². The lowest BCUT2D eigenvalue weighted by atomic mass is 10.0. The SMILES string of the molecule is [CH2]CCCCCCCCCCCc1ccc(O)cc1. The molecule has 0 saturated carbocycles. The van der Waals surface area contributed by atoms with Crippen LogP contribution in [0.2, 0.25) is 0 Å². The Bertz CT molecular complexity index is 302. The second-order valence-corrected chi connectivity index (χ2v) is 5.45. The van der Waals surface area contributed by atoms with Gasteiger partial charge in [0.25, 0.3) is 0 Å². The molecule has 0 bridgehead atoms. The molecule has 0 spiro atoms. The lowest BCUT2D eigenvalue weighted by Gasteiger charge is -2.03. The molecule has 1 aromatic rings. The van der Waals surface area contributed by atoms with Crippen LogP contribution in [-0.2, 0) is 6.42 Å². The Morgan fingerprint density at radius 2 is 1.16 bits per heavy atom. The molecule has 0 aliphatic carbocycles. The van der Waals surface area contributed by atoms with Crippen molar-refractivity contribution >= 4 is 0 Å². The van der Waals surface area contributed by atoms with Gasteiger partial charge in [-0.1, -0.05) is 76.8 Å². The van der Waals surface area contributed by atoms with Crippen LogP contribution in [0.4, 0.5) is 0 Å². The van der Waals surface area contributed by atoms with Crippen molar-refractivity contribution in [2.75, 3.05) is 0 Å². The normalized spacial score (nSPS) is 10.8. The molecule has 0 amide bonds. The highest BCUT2D eigenvalue weighted by Gasteiger charge is 1.95. The van der Waals surface area contributed by atoms with E-state index in [1.165, 1.54) is 63.4 Å². The maximum Gasteiger partial charge on any atom is 0.115 e. The zero-order valence-corrected chi connectivity index (χ0v) is 12.2. The van der Waals surface area contributed by atoms with Crippen molar-refractivity contribution in [2.45, 2.75) is 70.6 Å². The fourth-order valence-electron chi connectivity index (χ4n) is 2.41. The Kier molecular flexibility index (Phi) is 9.22. The van der Waals surface area contributed by atoms with Gasteiger partial charge in [0.15, 0.2) is 0 Å². The zero-order valence-electron chi connectivity index (χ0n) is 12.2. The van der Waals surface area contributed by atoms with Gasteiger partial charge >= 0.3 is 0 Å². The van der Waals surface area contributed by atoms with Gasteiger partial charge in [0.2, 0.25) is 0 Å². The van der Waals surface area contributed by atoms with Crippen molar-refractivity contribution in [2.24, 2.45) is 0 Å². The van der Waals surface area contributed by atoms with Gasteiger partial charge in [-0.25, -0.2) is 0 Å². The molecule has 1 nitrogen and oxygen atoms in total. The van der Waals surface area contributed by atoms with E-state index >= 15 is 0 Å². The van der Waals surface area contributed by atoms with Crippen LogP contribution < -0.4 is 0 Å². The van der Waals surface area contributed by atoms with E-state index in [4.69, 9.17) is 0 Å². The first-order valence-corrected chi connectivity index (χ1v) is 7.90. The number of rotatable bonds is 11. The van der Waals surface area contributed by atoms with Crippen molar-refractivity contribution in [3.63, 3.8) is 0 Å². The summed E-state index contributed by atoms with van der Waals surface area (Å²) in [6.07, 6.45) is 14.5. The maximum absolute atomic E-state index is 9.20. The van der Waals surface area contributed by atoms with Gasteiger partial charge in [0, 0.05) is 0 Å². The molecule has 0 fully saturated rings. The molecule has 0 aliphatic rings. The third-order valence-corrected chi connectivity index (χ3v) is 3.65. The molecule has 1 N–H and O–H groups in total. The highest BCUT2D eigenvalue weighted by molar-refractivity contribution is 5.25. The smallest absolute Gasteiger partial charge is 0.115 e. The number of unbranched alkanes of at least 4 members (excludes halogenated alkanes) is 9. The molecule has 0 saturated heterocycles. The second-order valence-electron chi connectivity index (χ2n) is 5.45. The summed E-state index contributed by atoms with van der Waals surface area (Å²) < 4.78 is 0. The molecular weight excluding hydrogens is 232 g/mol. The number of hydrogen-bond donors (Lipinski definition) is 1. The molecule has 0 aromatic heterocycles. The number of hydrogen-bond acceptors (Lipinski definition) is 1. The topological polar surface area (TPSA) is 20.2 Å². The van der Waals surface area contributed by atoms with Crippen LogP contribution >= 0.6 is 0 Å². The van der Waals surface area contributed by atoms with Crippen LogP contribution in [0.15, 0.2) is 24.3 Å². The molecule has 1 rings (SSSR count). The fraction of sp³-hybridized carbons (Fsp3) is 0.611. The van der Waals surface area contributed by atoms with Crippen LogP contribution in [0, 0.1) is 6.92 Å². The van der Waals surface area contributed by atoms with E-state index in [0.29, 0.717) is 5.75 Å². The van der Waals surface area contributed by atoms with Crippen molar-refractivity contribution < 1.29 is 5.11 Å². The Morgan fingerprint density at radius 1 is 0.684 bits per heavy atom. The largest absolute Gasteiger partial charge is 0.508 e. The lowest BCUT2D eigenvalue weighted by molar-refractivity contribution is 0.475. The van der Waals surface area contributed by atoms with Crippen LogP contribution in [-0.4, -0.2) is 5.11 Å². The highest BCUT2D eigenvalue weighted by atomic mass is 16.3. The maximum atomic E-state index is 9.20. The quantitative estimate of drug-likeness (QED) is 0.509. The first kappa shape index (κ1) is 16.1. The van der Waals surface area contributed by atoms with Crippen LogP contribution in [0.25, 0.3) is 0 Å². The Hall–Kier alpha value is -0.980. The Morgan fingerprint density at radius 3 is 1.68 bits per heavy atom. The zero-order chi connectivity index (χ0) is 13.8. The summed E-state index contributed by atoms with van der Waals surface area (Å²) in [5, 5.41) is 9.20. The predicted octanol–water partition coefficient (Wildman–Crippen LogP) is 5.67. The molecular formula is C18H29O. The van der Waals surface area contributed by atoms with Crippen molar-refractivity contribution in [1.29, 1.82) is 0 Å². The average molecular weight is 261 g/mol. The molecule has 107 valence electrons. The van der Waals surface area contributed by atoms with Gasteiger partial charge in [-0.2, -0.15) is 0 Å². The summed E-state index contributed by atoms with van der Waals surface area (Å²) in [7, 11) is 0. The van der Waals surface area contributed by atoms with Crippen LogP contribution in [0.3, 0.4) is 0 Å². The van der Waals surface area contributed by atoms with E-state index in [2.05, 4.69) is 6.92 Å². The standard InChI is InChI=1S/C18H29O/c1-2-3-4-5-6-7-8-9-10-11-12-17-13-15-18(19)16-14-17/h13-16,19H,1-12H2. The van der Waals surface area contributed by atoms with E-state index in [1.54, 1.807) is 12.1 Å². The van der Waals surface area contributed by atoms with Crippen molar-refractivity contribution in [3.8, 4) is 5.75 Å². The molecule has 0 unspecified atom stereocenters. The lowest BCUT2D eigenvalue weighted by Crippen LogP contribution is -1.86. The molecule has 0 atom stereocenters. The highest BCUT2D eigenvalue weighted by Crippen LogP contribution is 2.14.